The molecule has 1 aliphatic heterocycles. The number of thiocarbonyl (C=S) groups is 1. The van der Waals surface area contributed by atoms with E-state index in [0.29, 0.717) is 17.5 Å². The van der Waals surface area contributed by atoms with Gasteiger partial charge in [-0.05, 0) is 87.6 Å². The number of aromatic nitrogens is 2. The number of guanidine groups is 1. The Morgan fingerprint density at radius 3 is 2.14 bits per heavy atom. The van der Waals surface area contributed by atoms with Gasteiger partial charge in [-0.25, -0.2) is 9.97 Å². The summed E-state index contributed by atoms with van der Waals surface area (Å²) in [6.45, 7) is 8.48. The molecule has 2 N–H and O–H groups in total. The third-order valence-corrected chi connectivity index (χ3v) is 6.17. The van der Waals surface area contributed by atoms with Crippen molar-refractivity contribution in [3.63, 3.8) is 0 Å². The van der Waals surface area contributed by atoms with Gasteiger partial charge in [0.25, 0.3) is 0 Å². The van der Waals surface area contributed by atoms with Crippen molar-refractivity contribution in [3.05, 3.63) is 76.6 Å². The van der Waals surface area contributed by atoms with Crippen molar-refractivity contribution in [2.45, 2.75) is 20.8 Å². The molecule has 2 aromatic carbocycles. The molecule has 36 heavy (non-hydrogen) atoms. The first kappa shape index (κ1) is 25.5. The summed E-state index contributed by atoms with van der Waals surface area (Å²) in [5.74, 6) is 1.06. The number of halogens is 1. The number of piperazine rings is 1. The molecule has 0 atom stereocenters. The van der Waals surface area contributed by atoms with Gasteiger partial charge in [-0.1, -0.05) is 11.6 Å². The van der Waals surface area contributed by atoms with Crippen molar-refractivity contribution in [2.24, 2.45) is 4.99 Å². The summed E-state index contributed by atoms with van der Waals surface area (Å²) < 4.78 is 0. The number of Topliss-reactive ketones (excluding diaryl/α,β-unsaturated/α-hetero) is 1. The monoisotopic (exact) mass is 521 g/mol. The lowest BCUT2D eigenvalue weighted by molar-refractivity contribution is 0.101. The Bertz CT molecular complexity index is 1250. The number of carbonyl (C=O) groups is 1. The minimum Gasteiger partial charge on any atom is -0.368 e. The molecule has 0 unspecified atom stereocenters. The Kier molecular flexibility index (Phi) is 8.12. The first-order valence-corrected chi connectivity index (χ1v) is 12.4. The van der Waals surface area contributed by atoms with Gasteiger partial charge < -0.3 is 15.1 Å². The highest BCUT2D eigenvalue weighted by Crippen LogP contribution is 2.20. The van der Waals surface area contributed by atoms with Crippen molar-refractivity contribution in [2.75, 3.05) is 41.7 Å². The third kappa shape index (κ3) is 6.77. The van der Waals surface area contributed by atoms with Crippen molar-refractivity contribution >= 4 is 58.0 Å². The van der Waals surface area contributed by atoms with Crippen molar-refractivity contribution < 1.29 is 4.79 Å². The van der Waals surface area contributed by atoms with Gasteiger partial charge >= 0.3 is 0 Å². The molecule has 1 aromatic heterocycles. The topological polar surface area (TPSA) is 85.7 Å². The van der Waals surface area contributed by atoms with Crippen LogP contribution in [0.1, 0.15) is 28.7 Å². The quantitative estimate of drug-likeness (QED) is 0.216. The zero-order valence-electron chi connectivity index (χ0n) is 20.5. The molecule has 0 bridgehead atoms. The smallest absolute Gasteiger partial charge is 0.229 e. The van der Waals surface area contributed by atoms with Gasteiger partial charge in [0.05, 0.1) is 0 Å². The summed E-state index contributed by atoms with van der Waals surface area (Å²) in [6.07, 6.45) is 0. The summed E-state index contributed by atoms with van der Waals surface area (Å²) in [6, 6.07) is 16.9. The zero-order valence-corrected chi connectivity index (χ0v) is 22.0. The summed E-state index contributed by atoms with van der Waals surface area (Å²) >= 11 is 11.6. The summed E-state index contributed by atoms with van der Waals surface area (Å²) in [5.41, 5.74) is 4.26. The van der Waals surface area contributed by atoms with Crippen LogP contribution < -0.4 is 15.5 Å². The summed E-state index contributed by atoms with van der Waals surface area (Å²) in [7, 11) is 0. The normalized spacial score (nSPS) is 13.9. The van der Waals surface area contributed by atoms with E-state index >= 15 is 0 Å². The second-order valence-electron chi connectivity index (χ2n) is 8.55. The maximum Gasteiger partial charge on any atom is 0.229 e. The molecule has 0 radical (unpaired) electrons. The maximum atomic E-state index is 11.5. The number of nitrogens with zero attached hydrogens (tertiary/aromatic N) is 5. The van der Waals surface area contributed by atoms with Crippen molar-refractivity contribution in [1.29, 1.82) is 0 Å². The SMILES string of the molecule is CC(=O)c1ccc(NC(=S)/N=C(/Nc2nc(C)cc(C)n2)N2CCN(c3ccc(Cl)cc3)CC2)cc1. The highest BCUT2D eigenvalue weighted by atomic mass is 35.5. The number of hydrogen-bond donors (Lipinski definition) is 2. The van der Waals surface area contributed by atoms with Crippen LogP contribution in [0.3, 0.4) is 0 Å². The number of aliphatic imine (C=N–C) groups is 1. The van der Waals surface area contributed by atoms with Gasteiger partial charge in [-0.15, -0.1) is 0 Å². The van der Waals surface area contributed by atoms with Crippen LogP contribution in [0.2, 0.25) is 5.02 Å². The van der Waals surface area contributed by atoms with Gasteiger partial charge in [0.2, 0.25) is 17.0 Å². The number of hydrogen-bond acceptors (Lipinski definition) is 5. The van der Waals surface area contributed by atoms with Crippen LogP contribution >= 0.6 is 23.8 Å². The number of anilines is 3. The lowest BCUT2D eigenvalue weighted by atomic mass is 10.1. The minimum atomic E-state index is 0.0137. The van der Waals surface area contributed by atoms with Crippen molar-refractivity contribution in [3.8, 4) is 0 Å². The molecule has 3 aromatic rings. The second kappa shape index (κ2) is 11.5. The van der Waals surface area contributed by atoms with E-state index in [4.69, 9.17) is 23.8 Å². The average molecular weight is 522 g/mol. The van der Waals surface area contributed by atoms with E-state index in [1.54, 1.807) is 12.1 Å². The Labute approximate surface area is 221 Å². The fraction of sp³-hybridized carbons (Fsp3) is 0.269. The molecule has 4 rings (SSSR count). The van der Waals surface area contributed by atoms with E-state index in [2.05, 4.69) is 35.4 Å². The molecule has 0 aliphatic carbocycles. The van der Waals surface area contributed by atoms with E-state index in [1.807, 2.05) is 56.3 Å². The largest absolute Gasteiger partial charge is 0.368 e. The van der Waals surface area contributed by atoms with Gasteiger partial charge in [0.1, 0.15) is 0 Å². The fourth-order valence-electron chi connectivity index (χ4n) is 3.92. The molecule has 1 aliphatic rings. The molecular formula is C26H28ClN7OS. The molecule has 0 spiro atoms. The molecule has 186 valence electrons. The lowest BCUT2D eigenvalue weighted by Gasteiger charge is -2.37. The van der Waals surface area contributed by atoms with E-state index in [9.17, 15) is 4.79 Å². The van der Waals surface area contributed by atoms with Gasteiger partial charge in [-0.2, -0.15) is 4.99 Å². The minimum absolute atomic E-state index is 0.0137. The first-order chi connectivity index (χ1) is 17.3. The fourth-order valence-corrected chi connectivity index (χ4v) is 4.25. The Balaban J connectivity index is 1.51. The van der Waals surface area contributed by atoms with E-state index in [0.717, 1.165) is 54.0 Å². The number of carbonyl (C=O) groups excluding carboxylic acids is 1. The molecule has 10 heteroatoms. The molecule has 1 fully saturated rings. The number of rotatable bonds is 4. The van der Waals surface area contributed by atoms with Gasteiger partial charge in [-0.3, -0.25) is 10.1 Å². The zero-order chi connectivity index (χ0) is 25.7. The van der Waals surface area contributed by atoms with Crippen molar-refractivity contribution in [1.82, 2.24) is 14.9 Å². The number of nitrogens with one attached hydrogen (secondary N) is 2. The van der Waals surface area contributed by atoms with Crippen LogP contribution in [-0.2, 0) is 0 Å². The van der Waals surface area contributed by atoms with Gasteiger partial charge in [0, 0.05) is 59.5 Å². The summed E-state index contributed by atoms with van der Waals surface area (Å²) in [5, 5.41) is 7.42. The lowest BCUT2D eigenvalue weighted by Crippen LogP contribution is -2.51. The number of benzene rings is 2. The maximum absolute atomic E-state index is 11.5. The standard InChI is InChI=1S/C26H28ClN7OS/c1-17-16-18(2)29-24(28-17)31-25(32-26(36)30-22-8-4-20(5-9-22)19(3)35)34-14-12-33(13-15-34)23-10-6-21(27)7-11-23/h4-11,16H,12-15H2,1-3H3,(H2,28,29,30,31,32,36). The predicted molar refractivity (Wildman–Crippen MR) is 150 cm³/mol. The third-order valence-electron chi connectivity index (χ3n) is 5.73. The Hall–Kier alpha value is -3.56. The van der Waals surface area contributed by atoms with E-state index in [1.165, 1.54) is 6.92 Å². The number of ketones is 1. The molecule has 0 amide bonds. The summed E-state index contributed by atoms with van der Waals surface area (Å²) in [4.78, 5) is 29.7. The van der Waals surface area contributed by atoms with Crippen LogP contribution in [0, 0.1) is 13.8 Å². The molecule has 0 saturated carbocycles. The Morgan fingerprint density at radius 1 is 0.944 bits per heavy atom. The molecule has 1 saturated heterocycles. The molecular weight excluding hydrogens is 494 g/mol. The first-order valence-electron chi connectivity index (χ1n) is 11.6. The second-order valence-corrected chi connectivity index (χ2v) is 9.37. The predicted octanol–water partition coefficient (Wildman–Crippen LogP) is 4.94. The van der Waals surface area contributed by atoms with Crippen LogP contribution in [0.5, 0.6) is 0 Å². The Morgan fingerprint density at radius 2 is 1.56 bits per heavy atom. The van der Waals surface area contributed by atoms with Gasteiger partial charge in [0.15, 0.2) is 5.78 Å². The van der Waals surface area contributed by atoms with E-state index < -0.39 is 0 Å². The average Bonchev–Trinajstić information content (AvgIpc) is 2.84. The molecule has 8 nitrogen and oxygen atoms in total. The van der Waals surface area contributed by atoms with Crippen LogP contribution in [0.25, 0.3) is 0 Å². The van der Waals surface area contributed by atoms with E-state index in [-0.39, 0.29) is 10.9 Å². The highest BCUT2D eigenvalue weighted by molar-refractivity contribution is 7.80. The number of aryl methyl sites for hydroxylation is 2. The highest BCUT2D eigenvalue weighted by Gasteiger charge is 2.21. The molecule has 2 heterocycles. The van der Waals surface area contributed by atoms with Crippen LogP contribution in [0.4, 0.5) is 17.3 Å². The van der Waals surface area contributed by atoms with Crippen LogP contribution in [0.15, 0.2) is 59.6 Å². The van der Waals surface area contributed by atoms with Crippen LogP contribution in [-0.4, -0.2) is 57.9 Å².